The molecule has 144 valence electrons. The Morgan fingerprint density at radius 3 is 2.38 bits per heavy atom. The minimum absolute atomic E-state index is 0.0198. The van der Waals surface area contributed by atoms with Crippen LogP contribution in [-0.2, 0) is 20.2 Å². The molecule has 1 spiro atoms. The summed E-state index contributed by atoms with van der Waals surface area (Å²) in [6.45, 7) is 6.68. The molecule has 0 N–H and O–H groups in total. The number of carbonyl (C=O) groups is 1. The molecule has 5 nitrogen and oxygen atoms in total. The number of amides is 1. The lowest BCUT2D eigenvalue weighted by Gasteiger charge is -2.39. The fraction of sp³-hybridized carbons (Fsp3) is 0.650. The Hall–Kier alpha value is -1.40. The number of fused-ring (bicyclic) bond motifs is 2. The van der Waals surface area contributed by atoms with Crippen molar-refractivity contribution in [2.24, 2.45) is 0 Å². The van der Waals surface area contributed by atoms with E-state index < -0.39 is 10.0 Å². The van der Waals surface area contributed by atoms with Crippen LogP contribution in [0.3, 0.4) is 0 Å². The SMILES string of the molecule is CCN(CC)C(=O)CC1CC2(CCN(S(C)(=O)=O)CC2)c2ccccc21. The molecule has 1 fully saturated rings. The average Bonchev–Trinajstić information content (AvgIpc) is 2.89. The van der Waals surface area contributed by atoms with Gasteiger partial charge in [0.15, 0.2) is 0 Å². The molecule has 1 saturated heterocycles. The molecule has 2 aliphatic rings. The van der Waals surface area contributed by atoms with Crippen molar-refractivity contribution in [2.45, 2.75) is 50.9 Å². The summed E-state index contributed by atoms with van der Waals surface area (Å²) in [7, 11) is -3.13. The molecule has 1 amide bonds. The van der Waals surface area contributed by atoms with Crippen molar-refractivity contribution in [2.75, 3.05) is 32.4 Å². The van der Waals surface area contributed by atoms with Gasteiger partial charge in [-0.2, -0.15) is 0 Å². The van der Waals surface area contributed by atoms with E-state index in [1.54, 1.807) is 4.31 Å². The predicted molar refractivity (Wildman–Crippen MR) is 104 cm³/mol. The summed E-state index contributed by atoms with van der Waals surface area (Å²) in [6, 6.07) is 8.47. The summed E-state index contributed by atoms with van der Waals surface area (Å²) in [4.78, 5) is 14.6. The molecule has 0 bridgehead atoms. The van der Waals surface area contributed by atoms with Crippen molar-refractivity contribution in [3.05, 3.63) is 35.4 Å². The number of rotatable bonds is 5. The molecule has 0 radical (unpaired) electrons. The van der Waals surface area contributed by atoms with Gasteiger partial charge in [-0.15, -0.1) is 0 Å². The Labute approximate surface area is 157 Å². The number of nitrogens with zero attached hydrogens (tertiary/aromatic N) is 2. The number of hydrogen-bond donors (Lipinski definition) is 0. The first kappa shape index (κ1) is 19.4. The summed E-state index contributed by atoms with van der Waals surface area (Å²) in [5.74, 6) is 0.463. The second kappa shape index (κ2) is 7.31. The number of carbonyl (C=O) groups excluding carboxylic acids is 1. The zero-order chi connectivity index (χ0) is 18.9. The first-order valence-corrected chi connectivity index (χ1v) is 11.5. The van der Waals surface area contributed by atoms with Crippen LogP contribution in [-0.4, -0.2) is 56.0 Å². The molecule has 0 saturated carbocycles. The molecule has 1 heterocycles. The Morgan fingerprint density at radius 2 is 1.81 bits per heavy atom. The Bertz CT molecular complexity index is 763. The van der Waals surface area contributed by atoms with Crippen LogP contribution in [0.25, 0.3) is 0 Å². The number of piperidine rings is 1. The number of benzene rings is 1. The van der Waals surface area contributed by atoms with Gasteiger partial charge in [0.25, 0.3) is 0 Å². The highest BCUT2D eigenvalue weighted by atomic mass is 32.2. The third-order valence-corrected chi connectivity index (χ3v) is 7.60. The normalized spacial score (nSPS) is 22.3. The zero-order valence-corrected chi connectivity index (χ0v) is 16.9. The van der Waals surface area contributed by atoms with Crippen LogP contribution in [0.5, 0.6) is 0 Å². The maximum absolute atomic E-state index is 12.7. The van der Waals surface area contributed by atoms with Gasteiger partial charge in [0.2, 0.25) is 15.9 Å². The topological polar surface area (TPSA) is 57.7 Å². The second-order valence-electron chi connectivity index (χ2n) is 7.70. The Balaban J connectivity index is 1.82. The molecule has 1 aliphatic carbocycles. The standard InChI is InChI=1S/C20H30N2O3S/c1-4-21(5-2)19(23)14-16-15-20(18-9-7-6-8-17(16)18)10-12-22(13-11-20)26(3,24)25/h6-9,16H,4-5,10-15H2,1-3H3. The summed E-state index contributed by atoms with van der Waals surface area (Å²) in [5, 5.41) is 0. The van der Waals surface area contributed by atoms with Gasteiger partial charge in [0.05, 0.1) is 6.26 Å². The van der Waals surface area contributed by atoms with Gasteiger partial charge in [-0.1, -0.05) is 24.3 Å². The first-order valence-electron chi connectivity index (χ1n) is 9.63. The van der Waals surface area contributed by atoms with Gasteiger partial charge in [-0.3, -0.25) is 4.79 Å². The molecule has 0 aromatic heterocycles. The minimum atomic E-state index is -3.13. The smallest absolute Gasteiger partial charge is 0.223 e. The zero-order valence-electron chi connectivity index (χ0n) is 16.1. The quantitative estimate of drug-likeness (QED) is 0.792. The van der Waals surface area contributed by atoms with Crippen molar-refractivity contribution in [1.82, 2.24) is 9.21 Å². The highest BCUT2D eigenvalue weighted by molar-refractivity contribution is 7.88. The van der Waals surface area contributed by atoms with Crippen LogP contribution in [0.15, 0.2) is 24.3 Å². The minimum Gasteiger partial charge on any atom is -0.343 e. The van der Waals surface area contributed by atoms with Gasteiger partial charge in [-0.25, -0.2) is 12.7 Å². The Kier molecular flexibility index (Phi) is 5.45. The van der Waals surface area contributed by atoms with E-state index in [0.29, 0.717) is 19.5 Å². The van der Waals surface area contributed by atoms with E-state index in [9.17, 15) is 13.2 Å². The molecule has 3 rings (SSSR count). The van der Waals surface area contributed by atoms with Gasteiger partial charge >= 0.3 is 0 Å². The largest absolute Gasteiger partial charge is 0.343 e. The average molecular weight is 379 g/mol. The molecule has 1 aromatic rings. The van der Waals surface area contributed by atoms with Crippen molar-refractivity contribution in [3.8, 4) is 0 Å². The molecule has 6 heteroatoms. The van der Waals surface area contributed by atoms with Crippen molar-refractivity contribution in [3.63, 3.8) is 0 Å². The summed E-state index contributed by atoms with van der Waals surface area (Å²) in [5.41, 5.74) is 2.65. The van der Waals surface area contributed by atoms with Crippen LogP contribution < -0.4 is 0 Å². The first-order chi connectivity index (χ1) is 12.3. The van der Waals surface area contributed by atoms with Gasteiger partial charge in [-0.05, 0) is 55.6 Å². The second-order valence-corrected chi connectivity index (χ2v) is 9.68. The van der Waals surface area contributed by atoms with E-state index in [1.165, 1.54) is 17.4 Å². The maximum Gasteiger partial charge on any atom is 0.223 e. The Morgan fingerprint density at radius 1 is 1.19 bits per heavy atom. The third kappa shape index (κ3) is 3.54. The van der Waals surface area contributed by atoms with E-state index >= 15 is 0 Å². The van der Waals surface area contributed by atoms with E-state index in [4.69, 9.17) is 0 Å². The van der Waals surface area contributed by atoms with Crippen LogP contribution in [0.1, 0.15) is 56.6 Å². The lowest BCUT2D eigenvalue weighted by molar-refractivity contribution is -0.131. The van der Waals surface area contributed by atoms with Crippen LogP contribution in [0.2, 0.25) is 0 Å². The van der Waals surface area contributed by atoms with E-state index in [0.717, 1.165) is 32.4 Å². The van der Waals surface area contributed by atoms with E-state index in [-0.39, 0.29) is 17.2 Å². The molecule has 1 aromatic carbocycles. The van der Waals surface area contributed by atoms with E-state index in [2.05, 4.69) is 24.3 Å². The van der Waals surface area contributed by atoms with Crippen LogP contribution in [0, 0.1) is 0 Å². The molecule has 26 heavy (non-hydrogen) atoms. The van der Waals surface area contributed by atoms with Gasteiger partial charge < -0.3 is 4.90 Å². The number of sulfonamides is 1. The fourth-order valence-electron chi connectivity index (χ4n) is 4.85. The van der Waals surface area contributed by atoms with Crippen LogP contribution in [0.4, 0.5) is 0 Å². The van der Waals surface area contributed by atoms with Crippen molar-refractivity contribution < 1.29 is 13.2 Å². The monoisotopic (exact) mass is 378 g/mol. The van der Waals surface area contributed by atoms with Crippen LogP contribution >= 0.6 is 0 Å². The molecular weight excluding hydrogens is 348 g/mol. The predicted octanol–water partition coefficient (Wildman–Crippen LogP) is 2.73. The summed E-state index contributed by atoms with van der Waals surface area (Å²) in [6.07, 6.45) is 4.48. The highest BCUT2D eigenvalue weighted by Crippen LogP contribution is 2.52. The molecular formula is C20H30N2O3S. The number of hydrogen-bond acceptors (Lipinski definition) is 3. The van der Waals surface area contributed by atoms with Gasteiger partial charge in [0, 0.05) is 32.6 Å². The lowest BCUT2D eigenvalue weighted by atomic mass is 9.73. The van der Waals surface area contributed by atoms with Crippen molar-refractivity contribution >= 4 is 15.9 Å². The molecule has 1 unspecified atom stereocenters. The lowest BCUT2D eigenvalue weighted by Crippen LogP contribution is -2.44. The molecule has 1 aliphatic heterocycles. The maximum atomic E-state index is 12.7. The van der Waals surface area contributed by atoms with Crippen molar-refractivity contribution in [1.29, 1.82) is 0 Å². The molecule has 1 atom stereocenters. The summed E-state index contributed by atoms with van der Waals surface area (Å²) < 4.78 is 25.3. The highest BCUT2D eigenvalue weighted by Gasteiger charge is 2.46. The van der Waals surface area contributed by atoms with E-state index in [1.807, 2.05) is 18.7 Å². The van der Waals surface area contributed by atoms with Gasteiger partial charge in [0.1, 0.15) is 0 Å². The fourth-order valence-corrected chi connectivity index (χ4v) is 5.69. The summed E-state index contributed by atoms with van der Waals surface area (Å²) >= 11 is 0. The third-order valence-electron chi connectivity index (χ3n) is 6.29.